The molecule has 0 saturated carbocycles. The Morgan fingerprint density at radius 1 is 1.16 bits per heavy atom. The summed E-state index contributed by atoms with van der Waals surface area (Å²) in [6.07, 6.45) is -0.797. The van der Waals surface area contributed by atoms with Crippen molar-refractivity contribution in [2.24, 2.45) is 0 Å². The predicted octanol–water partition coefficient (Wildman–Crippen LogP) is 0.193. The maximum atomic E-state index is 12.3. The molecule has 1 saturated heterocycles. The smallest absolute Gasteiger partial charge is 0.416 e. The summed E-state index contributed by atoms with van der Waals surface area (Å²) in [5.41, 5.74) is 0.422. The lowest BCUT2D eigenvalue weighted by Gasteiger charge is -2.21. The molecule has 0 radical (unpaired) electrons. The average molecular weight is 346 g/mol. The van der Waals surface area contributed by atoms with Gasteiger partial charge in [-0.1, -0.05) is 12.1 Å². The van der Waals surface area contributed by atoms with Gasteiger partial charge < -0.3 is 9.47 Å². The third kappa shape index (κ3) is 2.84. The molecule has 1 aromatic rings. The zero-order valence-corrected chi connectivity index (χ0v) is 13.3. The second kappa shape index (κ2) is 6.34. The molecule has 9 nitrogen and oxygen atoms in total. The number of benzene rings is 1. The first-order valence-corrected chi connectivity index (χ1v) is 7.52. The molecule has 0 aliphatic carbocycles. The molecule has 0 bridgehead atoms. The number of ether oxygens (including phenoxy) is 2. The highest BCUT2D eigenvalue weighted by Crippen LogP contribution is 2.24. The molecule has 1 fully saturated rings. The molecule has 3 rings (SSSR count). The van der Waals surface area contributed by atoms with Crippen molar-refractivity contribution >= 4 is 29.8 Å². The highest BCUT2D eigenvalue weighted by Gasteiger charge is 2.41. The molecule has 130 valence electrons. The second-order valence-corrected chi connectivity index (χ2v) is 5.47. The van der Waals surface area contributed by atoms with Crippen LogP contribution in [-0.4, -0.2) is 65.4 Å². The van der Waals surface area contributed by atoms with Crippen molar-refractivity contribution in [3.8, 4) is 0 Å². The fourth-order valence-corrected chi connectivity index (χ4v) is 2.62. The first-order valence-electron chi connectivity index (χ1n) is 7.52. The predicted molar refractivity (Wildman–Crippen MR) is 80.4 cm³/mol. The topological polar surface area (TPSA) is 110 Å². The molecule has 0 unspecified atom stereocenters. The highest BCUT2D eigenvalue weighted by molar-refractivity contribution is 6.22. The lowest BCUT2D eigenvalue weighted by atomic mass is 10.1. The van der Waals surface area contributed by atoms with Crippen LogP contribution in [0, 0.1) is 0 Å². The Morgan fingerprint density at radius 2 is 1.76 bits per heavy atom. The number of hydrogen-bond donors (Lipinski definition) is 0. The van der Waals surface area contributed by atoms with Gasteiger partial charge in [-0.05, 0) is 19.1 Å². The first kappa shape index (κ1) is 16.6. The van der Waals surface area contributed by atoms with E-state index in [1.807, 2.05) is 0 Å². The van der Waals surface area contributed by atoms with Gasteiger partial charge in [0, 0.05) is 0 Å². The van der Waals surface area contributed by atoms with Gasteiger partial charge in [0.1, 0.15) is 12.6 Å². The minimum Gasteiger partial charge on any atom is -0.454 e. The fourth-order valence-electron chi connectivity index (χ4n) is 2.62. The van der Waals surface area contributed by atoms with E-state index >= 15 is 0 Å². The van der Waals surface area contributed by atoms with Gasteiger partial charge in [0.2, 0.25) is 0 Å². The summed E-state index contributed by atoms with van der Waals surface area (Å²) in [4.78, 5) is 61.4. The quantitative estimate of drug-likeness (QED) is 0.565. The van der Waals surface area contributed by atoms with Crippen molar-refractivity contribution in [3.05, 3.63) is 35.4 Å². The largest absolute Gasteiger partial charge is 0.454 e. The Bertz CT molecular complexity index is 753. The number of carbonyl (C=O) groups excluding carboxylic acids is 5. The highest BCUT2D eigenvalue weighted by atomic mass is 16.6. The van der Waals surface area contributed by atoms with Crippen LogP contribution in [0.1, 0.15) is 27.6 Å². The maximum absolute atomic E-state index is 12.3. The third-order valence-electron chi connectivity index (χ3n) is 3.95. The number of fused-ring (bicyclic) bond motifs is 1. The Balaban J connectivity index is 1.63. The molecule has 1 aromatic carbocycles. The average Bonchev–Trinajstić information content (AvgIpc) is 3.14. The van der Waals surface area contributed by atoms with Crippen LogP contribution in [-0.2, 0) is 19.1 Å². The van der Waals surface area contributed by atoms with Crippen molar-refractivity contribution in [3.63, 3.8) is 0 Å². The van der Waals surface area contributed by atoms with Crippen molar-refractivity contribution in [1.29, 1.82) is 0 Å². The number of cyclic esters (lactones) is 1. The Labute approximate surface area is 142 Å². The van der Waals surface area contributed by atoms with Crippen LogP contribution in [0.25, 0.3) is 0 Å². The lowest BCUT2D eigenvalue weighted by Crippen LogP contribution is -2.45. The van der Waals surface area contributed by atoms with E-state index in [0.29, 0.717) is 0 Å². The maximum Gasteiger partial charge on any atom is 0.416 e. The molecule has 0 spiro atoms. The normalized spacial score (nSPS) is 17.4. The molecule has 0 N–H and O–H groups in total. The van der Waals surface area contributed by atoms with Crippen LogP contribution >= 0.6 is 0 Å². The lowest BCUT2D eigenvalue weighted by molar-refractivity contribution is -0.153. The van der Waals surface area contributed by atoms with Gasteiger partial charge in [-0.15, -0.1) is 0 Å². The number of carbonyl (C=O) groups is 5. The molecule has 25 heavy (non-hydrogen) atoms. The van der Waals surface area contributed by atoms with E-state index in [0.717, 1.165) is 9.80 Å². The van der Waals surface area contributed by atoms with Crippen molar-refractivity contribution in [1.82, 2.24) is 9.80 Å². The van der Waals surface area contributed by atoms with Crippen molar-refractivity contribution < 1.29 is 33.4 Å². The van der Waals surface area contributed by atoms with E-state index < -0.39 is 42.4 Å². The molecule has 2 aliphatic rings. The monoisotopic (exact) mass is 346 g/mol. The Kier molecular flexibility index (Phi) is 4.22. The summed E-state index contributed by atoms with van der Waals surface area (Å²) in [6, 6.07) is 5.02. The van der Waals surface area contributed by atoms with E-state index in [9.17, 15) is 24.0 Å². The number of nitrogens with zero attached hydrogens (tertiary/aromatic N) is 2. The van der Waals surface area contributed by atoms with Crippen LogP contribution in [0.15, 0.2) is 24.3 Å². The number of hydrogen-bond acceptors (Lipinski definition) is 7. The molecule has 2 aliphatic heterocycles. The van der Waals surface area contributed by atoms with Crippen LogP contribution in [0.3, 0.4) is 0 Å². The SMILES string of the molecule is C[C@@H](C(=O)OCC(=O)N1CCOC1=O)N1C(=O)c2ccccc2C1=O. The number of rotatable bonds is 4. The first-order chi connectivity index (χ1) is 11.9. The van der Waals surface area contributed by atoms with Crippen molar-refractivity contribution in [2.45, 2.75) is 13.0 Å². The molecular weight excluding hydrogens is 332 g/mol. The Morgan fingerprint density at radius 3 is 2.28 bits per heavy atom. The van der Waals surface area contributed by atoms with Gasteiger partial charge in [0.15, 0.2) is 6.61 Å². The number of imide groups is 2. The zero-order chi connectivity index (χ0) is 18.1. The van der Waals surface area contributed by atoms with Gasteiger partial charge in [0.25, 0.3) is 17.7 Å². The summed E-state index contributed by atoms with van der Waals surface area (Å²) in [7, 11) is 0. The van der Waals surface area contributed by atoms with Gasteiger partial charge in [-0.2, -0.15) is 0 Å². The molecule has 9 heteroatoms. The van der Waals surface area contributed by atoms with Crippen LogP contribution in [0.2, 0.25) is 0 Å². The third-order valence-corrected chi connectivity index (χ3v) is 3.95. The molecule has 2 heterocycles. The molecule has 1 atom stereocenters. The second-order valence-electron chi connectivity index (χ2n) is 5.47. The summed E-state index contributed by atoms with van der Waals surface area (Å²) >= 11 is 0. The van der Waals surface area contributed by atoms with Crippen LogP contribution in [0.5, 0.6) is 0 Å². The van der Waals surface area contributed by atoms with Gasteiger partial charge in [0.05, 0.1) is 17.7 Å². The fraction of sp³-hybridized carbons (Fsp3) is 0.312. The van der Waals surface area contributed by atoms with Gasteiger partial charge in [-0.25, -0.2) is 14.5 Å². The van der Waals surface area contributed by atoms with Crippen molar-refractivity contribution in [2.75, 3.05) is 19.8 Å². The minimum atomic E-state index is -1.20. The van der Waals surface area contributed by atoms with E-state index in [2.05, 4.69) is 4.74 Å². The Hall–Kier alpha value is -3.23. The molecule has 4 amide bonds. The summed E-state index contributed by atoms with van der Waals surface area (Å²) < 4.78 is 9.46. The van der Waals surface area contributed by atoms with E-state index in [1.165, 1.54) is 19.1 Å². The summed E-state index contributed by atoms with van der Waals surface area (Å²) in [6.45, 7) is 0.827. The zero-order valence-electron chi connectivity index (χ0n) is 13.3. The molecular formula is C16H14N2O7. The summed E-state index contributed by atoms with van der Waals surface area (Å²) in [5, 5.41) is 0. The van der Waals surface area contributed by atoms with E-state index in [-0.39, 0.29) is 24.3 Å². The van der Waals surface area contributed by atoms with Crippen LogP contribution < -0.4 is 0 Å². The number of esters is 1. The standard InChI is InChI=1S/C16H14N2O7/c1-9(15(22)25-8-12(19)17-6-7-24-16(17)23)18-13(20)10-4-2-3-5-11(10)14(18)21/h2-5,9H,6-8H2,1H3/t9-/m0/s1. The minimum absolute atomic E-state index is 0.0865. The number of amides is 4. The summed E-state index contributed by atoms with van der Waals surface area (Å²) in [5.74, 6) is -2.85. The van der Waals surface area contributed by atoms with Crippen LogP contribution in [0.4, 0.5) is 4.79 Å². The van der Waals surface area contributed by atoms with E-state index in [4.69, 9.17) is 4.74 Å². The van der Waals surface area contributed by atoms with Gasteiger partial charge in [-0.3, -0.25) is 19.3 Å². The van der Waals surface area contributed by atoms with E-state index in [1.54, 1.807) is 12.1 Å². The van der Waals surface area contributed by atoms with Gasteiger partial charge >= 0.3 is 12.1 Å². The molecule has 0 aromatic heterocycles.